The maximum Gasteiger partial charge on any atom is 0.410 e. The molecule has 0 saturated carbocycles. The van der Waals surface area contributed by atoms with Crippen molar-refractivity contribution in [3.63, 3.8) is 0 Å². The Hall–Kier alpha value is -0.770. The summed E-state index contributed by atoms with van der Waals surface area (Å²) in [5.41, 5.74) is -0.421. The van der Waals surface area contributed by atoms with E-state index in [4.69, 9.17) is 4.74 Å². The van der Waals surface area contributed by atoms with Gasteiger partial charge < -0.3 is 15.0 Å². The summed E-state index contributed by atoms with van der Waals surface area (Å²) in [5, 5.41) is 3.58. The fraction of sp³-hybridized carbons (Fsp3) is 0.944. The minimum atomic E-state index is -0.421. The number of carbonyl (C=O) groups is 1. The lowest BCUT2D eigenvalue weighted by molar-refractivity contribution is 0.0150. The molecule has 1 aliphatic rings. The molecule has 0 spiro atoms. The molecule has 1 heterocycles. The molecule has 2 unspecified atom stereocenters. The number of nitrogens with one attached hydrogen (secondary N) is 1. The topological polar surface area (TPSA) is 41.6 Å². The number of hydrogen-bond acceptors (Lipinski definition) is 3. The molecule has 1 saturated heterocycles. The molecule has 0 aromatic rings. The molecule has 1 aliphatic heterocycles. The highest BCUT2D eigenvalue weighted by molar-refractivity contribution is 5.68. The van der Waals surface area contributed by atoms with Crippen LogP contribution in [-0.4, -0.2) is 41.8 Å². The third kappa shape index (κ3) is 7.48. The van der Waals surface area contributed by atoms with Gasteiger partial charge in [-0.3, -0.25) is 0 Å². The van der Waals surface area contributed by atoms with Crippen molar-refractivity contribution >= 4 is 6.09 Å². The predicted molar refractivity (Wildman–Crippen MR) is 92.1 cm³/mol. The van der Waals surface area contributed by atoms with Crippen LogP contribution in [0.3, 0.4) is 0 Å². The highest BCUT2D eigenvalue weighted by Crippen LogP contribution is 2.23. The van der Waals surface area contributed by atoms with E-state index in [1.54, 1.807) is 0 Å². The van der Waals surface area contributed by atoms with Crippen LogP contribution in [0.25, 0.3) is 0 Å². The molecule has 0 aliphatic carbocycles. The largest absolute Gasteiger partial charge is 0.444 e. The van der Waals surface area contributed by atoms with Crippen molar-refractivity contribution in [1.29, 1.82) is 0 Å². The standard InChI is InChI=1S/C18H36N2O2/c1-14(2)13-19-15(3)12-16-10-8-7-9-11-20(16)17(21)22-18(4,5)6/h14-16,19H,7-13H2,1-6H3. The second-order valence-electron chi connectivity index (χ2n) is 8.12. The molecule has 0 bridgehead atoms. The van der Waals surface area contributed by atoms with E-state index in [1.807, 2.05) is 25.7 Å². The van der Waals surface area contributed by atoms with Crippen LogP contribution >= 0.6 is 0 Å². The monoisotopic (exact) mass is 312 g/mol. The fourth-order valence-electron chi connectivity index (χ4n) is 2.91. The van der Waals surface area contributed by atoms with E-state index in [-0.39, 0.29) is 6.09 Å². The van der Waals surface area contributed by atoms with E-state index in [1.165, 1.54) is 12.8 Å². The van der Waals surface area contributed by atoms with Gasteiger partial charge in [0.25, 0.3) is 0 Å². The van der Waals surface area contributed by atoms with Crippen LogP contribution in [-0.2, 0) is 4.74 Å². The van der Waals surface area contributed by atoms with Gasteiger partial charge in [0.15, 0.2) is 0 Å². The van der Waals surface area contributed by atoms with Gasteiger partial charge in [-0.15, -0.1) is 0 Å². The third-order valence-corrected chi connectivity index (χ3v) is 4.01. The van der Waals surface area contributed by atoms with Crippen LogP contribution in [0.1, 0.15) is 73.6 Å². The summed E-state index contributed by atoms with van der Waals surface area (Å²) in [6, 6.07) is 0.724. The van der Waals surface area contributed by atoms with Gasteiger partial charge in [0.05, 0.1) is 0 Å². The minimum absolute atomic E-state index is 0.143. The van der Waals surface area contributed by atoms with Crippen molar-refractivity contribution in [2.45, 2.75) is 91.3 Å². The van der Waals surface area contributed by atoms with Crippen LogP contribution in [0.15, 0.2) is 0 Å². The van der Waals surface area contributed by atoms with Crippen LogP contribution in [0.2, 0.25) is 0 Å². The summed E-state index contributed by atoms with van der Waals surface area (Å²) in [5.74, 6) is 0.651. The van der Waals surface area contributed by atoms with Crippen molar-refractivity contribution in [3.05, 3.63) is 0 Å². The highest BCUT2D eigenvalue weighted by atomic mass is 16.6. The molecule has 0 radical (unpaired) electrons. The molecule has 2 atom stereocenters. The van der Waals surface area contributed by atoms with Crippen molar-refractivity contribution in [1.82, 2.24) is 10.2 Å². The molecule has 4 nitrogen and oxygen atoms in total. The second kappa shape index (κ2) is 8.76. The first-order valence-corrected chi connectivity index (χ1v) is 8.92. The Balaban J connectivity index is 2.63. The van der Waals surface area contributed by atoms with E-state index in [9.17, 15) is 4.79 Å². The van der Waals surface area contributed by atoms with Crippen LogP contribution < -0.4 is 5.32 Å². The average Bonchev–Trinajstić information content (AvgIpc) is 2.59. The Morgan fingerprint density at radius 1 is 1.23 bits per heavy atom. The maximum absolute atomic E-state index is 12.5. The number of rotatable bonds is 5. The molecule has 1 amide bonds. The number of carbonyl (C=O) groups excluding carboxylic acids is 1. The average molecular weight is 312 g/mol. The fourth-order valence-corrected chi connectivity index (χ4v) is 2.91. The molecule has 0 aromatic carbocycles. The zero-order chi connectivity index (χ0) is 16.8. The van der Waals surface area contributed by atoms with Crippen molar-refractivity contribution in [2.75, 3.05) is 13.1 Å². The van der Waals surface area contributed by atoms with Crippen LogP contribution in [0.5, 0.6) is 0 Å². The smallest absolute Gasteiger partial charge is 0.410 e. The maximum atomic E-state index is 12.5. The number of amides is 1. The van der Waals surface area contributed by atoms with E-state index < -0.39 is 5.60 Å². The van der Waals surface area contributed by atoms with E-state index in [0.717, 1.165) is 32.4 Å². The zero-order valence-corrected chi connectivity index (χ0v) is 15.4. The van der Waals surface area contributed by atoms with Gasteiger partial charge >= 0.3 is 6.09 Å². The number of ether oxygens (including phenoxy) is 1. The lowest BCUT2D eigenvalue weighted by atomic mass is 10.0. The lowest BCUT2D eigenvalue weighted by Gasteiger charge is -2.34. The Bertz CT molecular complexity index is 336. The van der Waals surface area contributed by atoms with Crippen LogP contribution in [0, 0.1) is 5.92 Å². The Labute approximate surface area is 137 Å². The molecule has 4 heteroatoms. The predicted octanol–water partition coefficient (Wildman–Crippen LogP) is 4.19. The van der Waals surface area contributed by atoms with Gasteiger partial charge in [-0.2, -0.15) is 0 Å². The Morgan fingerprint density at radius 3 is 2.50 bits per heavy atom. The third-order valence-electron chi connectivity index (χ3n) is 4.01. The quantitative estimate of drug-likeness (QED) is 0.827. The highest BCUT2D eigenvalue weighted by Gasteiger charge is 2.30. The second-order valence-corrected chi connectivity index (χ2v) is 8.12. The van der Waals surface area contributed by atoms with Gasteiger partial charge in [0.1, 0.15) is 5.60 Å². The van der Waals surface area contributed by atoms with E-state index >= 15 is 0 Å². The lowest BCUT2D eigenvalue weighted by Crippen LogP contribution is -2.46. The van der Waals surface area contributed by atoms with Crippen molar-refractivity contribution < 1.29 is 9.53 Å². The van der Waals surface area contributed by atoms with Crippen molar-refractivity contribution in [2.24, 2.45) is 5.92 Å². The van der Waals surface area contributed by atoms with Gasteiger partial charge in [-0.1, -0.05) is 26.7 Å². The van der Waals surface area contributed by atoms with Crippen molar-refractivity contribution in [3.8, 4) is 0 Å². The zero-order valence-electron chi connectivity index (χ0n) is 15.4. The number of nitrogens with zero attached hydrogens (tertiary/aromatic N) is 1. The molecular formula is C18H36N2O2. The molecule has 1 rings (SSSR count). The summed E-state index contributed by atoms with van der Waals surface area (Å²) in [4.78, 5) is 14.5. The summed E-state index contributed by atoms with van der Waals surface area (Å²) in [7, 11) is 0. The summed E-state index contributed by atoms with van der Waals surface area (Å²) >= 11 is 0. The van der Waals surface area contributed by atoms with Gasteiger partial charge in [-0.05, 0) is 59.4 Å². The summed E-state index contributed by atoms with van der Waals surface area (Å²) < 4.78 is 5.61. The van der Waals surface area contributed by atoms with E-state index in [2.05, 4.69) is 26.1 Å². The first kappa shape index (κ1) is 19.3. The number of likely N-dealkylation sites (tertiary alicyclic amines) is 1. The van der Waals surface area contributed by atoms with Crippen LogP contribution in [0.4, 0.5) is 4.79 Å². The molecule has 0 aromatic heterocycles. The van der Waals surface area contributed by atoms with E-state index in [0.29, 0.717) is 18.0 Å². The van der Waals surface area contributed by atoms with Gasteiger partial charge in [0.2, 0.25) is 0 Å². The first-order chi connectivity index (χ1) is 10.2. The SMILES string of the molecule is CC(C)CNC(C)CC1CCCCCN1C(=O)OC(C)(C)C. The number of hydrogen-bond donors (Lipinski definition) is 1. The molecule has 22 heavy (non-hydrogen) atoms. The normalized spacial score (nSPS) is 21.6. The molecule has 130 valence electrons. The van der Waals surface area contributed by atoms with Gasteiger partial charge in [-0.25, -0.2) is 4.79 Å². The molecule has 1 fully saturated rings. The molecular weight excluding hydrogens is 276 g/mol. The van der Waals surface area contributed by atoms with Gasteiger partial charge in [0, 0.05) is 18.6 Å². The summed E-state index contributed by atoms with van der Waals surface area (Å²) in [6.45, 7) is 14.3. The molecule has 1 N–H and O–H groups in total. The Kier molecular flexibility index (Phi) is 7.67. The summed E-state index contributed by atoms with van der Waals surface area (Å²) in [6.07, 6.45) is 5.46. The Morgan fingerprint density at radius 2 is 1.91 bits per heavy atom. The first-order valence-electron chi connectivity index (χ1n) is 8.92. The minimum Gasteiger partial charge on any atom is -0.444 e.